The van der Waals surface area contributed by atoms with E-state index in [0.717, 1.165) is 27.1 Å². The quantitative estimate of drug-likeness (QED) is 0.774. The lowest BCUT2D eigenvalue weighted by atomic mass is 10.1. The Kier molecular flexibility index (Phi) is 6.08. The summed E-state index contributed by atoms with van der Waals surface area (Å²) in [4.78, 5) is 0. The Balaban J connectivity index is 2.23. The first-order chi connectivity index (χ1) is 10.9. The maximum atomic E-state index is 6.08. The van der Waals surface area contributed by atoms with Gasteiger partial charge in [0, 0.05) is 22.1 Å². The topological polar surface area (TPSA) is 30.5 Å². The van der Waals surface area contributed by atoms with E-state index in [4.69, 9.17) is 9.47 Å². The molecule has 2 aromatic carbocycles. The fraction of sp³-hybridized carbons (Fsp3) is 0.368. The van der Waals surface area contributed by atoms with E-state index in [1.54, 1.807) is 7.11 Å². The van der Waals surface area contributed by atoms with Crippen molar-refractivity contribution >= 4 is 15.9 Å². The molecule has 2 aromatic rings. The van der Waals surface area contributed by atoms with E-state index in [1.165, 1.54) is 0 Å². The van der Waals surface area contributed by atoms with Crippen molar-refractivity contribution in [3.63, 3.8) is 0 Å². The van der Waals surface area contributed by atoms with Gasteiger partial charge in [-0.1, -0.05) is 46.3 Å². The van der Waals surface area contributed by atoms with Crippen LogP contribution >= 0.6 is 15.9 Å². The monoisotopic (exact) mass is 377 g/mol. The summed E-state index contributed by atoms with van der Waals surface area (Å²) in [6.45, 7) is 7.66. The van der Waals surface area contributed by atoms with Crippen molar-refractivity contribution in [1.29, 1.82) is 0 Å². The van der Waals surface area contributed by atoms with Crippen LogP contribution in [0.3, 0.4) is 0 Å². The van der Waals surface area contributed by atoms with Crippen molar-refractivity contribution in [2.75, 3.05) is 7.11 Å². The van der Waals surface area contributed by atoms with Crippen LogP contribution in [0.4, 0.5) is 0 Å². The Morgan fingerprint density at radius 1 is 1.09 bits per heavy atom. The first-order valence-electron chi connectivity index (χ1n) is 7.67. The van der Waals surface area contributed by atoms with Gasteiger partial charge >= 0.3 is 0 Å². The highest BCUT2D eigenvalue weighted by Crippen LogP contribution is 2.35. The second-order valence-electron chi connectivity index (χ2n) is 6.47. The number of nitrogens with one attached hydrogen (secondary N) is 1. The molecule has 0 atom stereocenters. The minimum absolute atomic E-state index is 0.0340. The summed E-state index contributed by atoms with van der Waals surface area (Å²) >= 11 is 3.54. The van der Waals surface area contributed by atoms with Crippen LogP contribution in [0.5, 0.6) is 11.5 Å². The van der Waals surface area contributed by atoms with Crippen molar-refractivity contribution in [3.05, 3.63) is 58.1 Å². The Labute approximate surface area is 147 Å². The van der Waals surface area contributed by atoms with E-state index in [0.29, 0.717) is 13.2 Å². The molecule has 23 heavy (non-hydrogen) atoms. The number of halogens is 1. The molecule has 0 spiro atoms. The van der Waals surface area contributed by atoms with Crippen LogP contribution in [-0.4, -0.2) is 12.6 Å². The molecule has 0 aliphatic rings. The van der Waals surface area contributed by atoms with Gasteiger partial charge in [0.25, 0.3) is 0 Å². The maximum absolute atomic E-state index is 6.08. The number of ether oxygens (including phenoxy) is 2. The summed E-state index contributed by atoms with van der Waals surface area (Å²) in [5.41, 5.74) is 2.24. The number of methoxy groups -OCH3 is 1. The third-order valence-corrected chi connectivity index (χ3v) is 3.81. The van der Waals surface area contributed by atoms with Crippen LogP contribution in [0, 0.1) is 0 Å². The molecule has 0 saturated heterocycles. The SMILES string of the molecule is COc1cc(Br)cc(CNC(C)(C)C)c1OCc1ccccc1. The Morgan fingerprint density at radius 3 is 2.39 bits per heavy atom. The van der Waals surface area contributed by atoms with Crippen LogP contribution in [0.1, 0.15) is 31.9 Å². The molecule has 0 aliphatic heterocycles. The van der Waals surface area contributed by atoms with Crippen molar-refractivity contribution in [3.8, 4) is 11.5 Å². The Hall–Kier alpha value is -1.52. The summed E-state index contributed by atoms with van der Waals surface area (Å²) in [6.07, 6.45) is 0. The van der Waals surface area contributed by atoms with Crippen LogP contribution in [-0.2, 0) is 13.2 Å². The molecule has 0 saturated carbocycles. The number of hydrogen-bond donors (Lipinski definition) is 1. The number of rotatable bonds is 6. The maximum Gasteiger partial charge on any atom is 0.166 e. The van der Waals surface area contributed by atoms with Crippen LogP contribution < -0.4 is 14.8 Å². The normalized spacial score (nSPS) is 11.3. The lowest BCUT2D eigenvalue weighted by molar-refractivity contribution is 0.279. The van der Waals surface area contributed by atoms with Gasteiger partial charge in [-0.3, -0.25) is 0 Å². The lowest BCUT2D eigenvalue weighted by Crippen LogP contribution is -2.35. The fourth-order valence-electron chi connectivity index (χ4n) is 2.16. The van der Waals surface area contributed by atoms with Crippen molar-refractivity contribution in [2.24, 2.45) is 0 Å². The molecule has 124 valence electrons. The molecule has 4 heteroatoms. The lowest BCUT2D eigenvalue weighted by Gasteiger charge is -2.22. The zero-order valence-corrected chi connectivity index (χ0v) is 15.7. The average molecular weight is 378 g/mol. The Morgan fingerprint density at radius 2 is 1.78 bits per heavy atom. The fourth-order valence-corrected chi connectivity index (χ4v) is 2.64. The molecule has 0 radical (unpaired) electrons. The van der Waals surface area contributed by atoms with E-state index < -0.39 is 0 Å². The van der Waals surface area contributed by atoms with Crippen molar-refractivity contribution in [1.82, 2.24) is 5.32 Å². The van der Waals surface area contributed by atoms with Crippen molar-refractivity contribution < 1.29 is 9.47 Å². The Bertz CT molecular complexity index is 636. The van der Waals surface area contributed by atoms with Gasteiger partial charge in [0.15, 0.2) is 11.5 Å². The molecule has 0 unspecified atom stereocenters. The van der Waals surface area contributed by atoms with E-state index in [-0.39, 0.29) is 5.54 Å². The zero-order chi connectivity index (χ0) is 16.9. The second-order valence-corrected chi connectivity index (χ2v) is 7.39. The van der Waals surface area contributed by atoms with Gasteiger partial charge in [0.05, 0.1) is 7.11 Å². The second kappa shape index (κ2) is 7.84. The predicted octanol–water partition coefficient (Wildman–Crippen LogP) is 4.92. The highest BCUT2D eigenvalue weighted by molar-refractivity contribution is 9.10. The number of hydrogen-bond acceptors (Lipinski definition) is 3. The molecule has 2 rings (SSSR count). The largest absolute Gasteiger partial charge is 0.493 e. The molecule has 0 aliphatic carbocycles. The van der Waals surface area contributed by atoms with Gasteiger partial charge in [-0.15, -0.1) is 0 Å². The van der Waals surface area contributed by atoms with Gasteiger partial charge in [-0.05, 0) is 38.5 Å². The molecule has 0 fully saturated rings. The number of benzene rings is 2. The molecule has 0 aromatic heterocycles. The van der Waals surface area contributed by atoms with Gasteiger partial charge in [0.2, 0.25) is 0 Å². The van der Waals surface area contributed by atoms with Crippen LogP contribution in [0.15, 0.2) is 46.9 Å². The summed E-state index contributed by atoms with van der Waals surface area (Å²) < 4.78 is 12.6. The van der Waals surface area contributed by atoms with Gasteiger partial charge < -0.3 is 14.8 Å². The molecule has 3 nitrogen and oxygen atoms in total. The molecule has 0 bridgehead atoms. The zero-order valence-electron chi connectivity index (χ0n) is 14.2. The van der Waals surface area contributed by atoms with E-state index >= 15 is 0 Å². The molecule has 1 N–H and O–H groups in total. The standard InChI is InChI=1S/C19H24BrNO2/c1-19(2,3)21-12-15-10-16(20)11-17(22-4)18(15)23-13-14-8-6-5-7-9-14/h5-11,21H,12-13H2,1-4H3. The molecule has 0 heterocycles. The summed E-state index contributed by atoms with van der Waals surface area (Å²) in [6, 6.07) is 14.1. The highest BCUT2D eigenvalue weighted by atomic mass is 79.9. The van der Waals surface area contributed by atoms with Crippen molar-refractivity contribution in [2.45, 2.75) is 39.5 Å². The highest BCUT2D eigenvalue weighted by Gasteiger charge is 2.16. The van der Waals surface area contributed by atoms with Gasteiger partial charge in [-0.25, -0.2) is 0 Å². The first-order valence-corrected chi connectivity index (χ1v) is 8.46. The average Bonchev–Trinajstić information content (AvgIpc) is 2.51. The third kappa shape index (κ3) is 5.56. The minimum Gasteiger partial charge on any atom is -0.493 e. The van der Waals surface area contributed by atoms with Gasteiger partial charge in [-0.2, -0.15) is 0 Å². The van der Waals surface area contributed by atoms with E-state index in [9.17, 15) is 0 Å². The van der Waals surface area contributed by atoms with Crippen LogP contribution in [0.25, 0.3) is 0 Å². The summed E-state index contributed by atoms with van der Waals surface area (Å²) in [7, 11) is 1.66. The molecular formula is C19H24BrNO2. The minimum atomic E-state index is 0.0340. The summed E-state index contributed by atoms with van der Waals surface area (Å²) in [5.74, 6) is 1.53. The smallest absolute Gasteiger partial charge is 0.166 e. The van der Waals surface area contributed by atoms with Gasteiger partial charge in [0.1, 0.15) is 6.61 Å². The third-order valence-electron chi connectivity index (χ3n) is 3.35. The first kappa shape index (κ1) is 17.8. The van der Waals surface area contributed by atoms with E-state index in [1.807, 2.05) is 24.3 Å². The van der Waals surface area contributed by atoms with Crippen LogP contribution in [0.2, 0.25) is 0 Å². The predicted molar refractivity (Wildman–Crippen MR) is 98.1 cm³/mol. The van der Waals surface area contributed by atoms with E-state index in [2.05, 4.69) is 60.2 Å². The molecular weight excluding hydrogens is 354 g/mol. The summed E-state index contributed by atoms with van der Waals surface area (Å²) in [5, 5.41) is 3.50. The molecule has 0 amide bonds.